The number of aryl methyl sites for hydroxylation is 2. The highest BCUT2D eigenvalue weighted by atomic mass is 79.9. The van der Waals surface area contributed by atoms with Crippen LogP contribution in [0.25, 0.3) is 10.6 Å². The molecule has 0 fully saturated rings. The van der Waals surface area contributed by atoms with E-state index >= 15 is 0 Å². The van der Waals surface area contributed by atoms with Gasteiger partial charge in [0.25, 0.3) is 0 Å². The van der Waals surface area contributed by atoms with Crippen molar-refractivity contribution in [1.29, 1.82) is 0 Å². The molecule has 112 valence electrons. The third kappa shape index (κ3) is 2.81. The number of benzene rings is 1. The highest BCUT2D eigenvalue weighted by Crippen LogP contribution is 2.45. The van der Waals surface area contributed by atoms with Gasteiger partial charge < -0.3 is 5.11 Å². The van der Waals surface area contributed by atoms with Crippen molar-refractivity contribution >= 4 is 27.3 Å². The molecule has 1 N–H and O–H groups in total. The third-order valence-electron chi connectivity index (χ3n) is 4.11. The lowest BCUT2D eigenvalue weighted by molar-refractivity contribution is 0.102. The average molecular weight is 366 g/mol. The highest BCUT2D eigenvalue weighted by molar-refractivity contribution is 9.10. The zero-order valence-corrected chi connectivity index (χ0v) is 15.2. The van der Waals surface area contributed by atoms with Gasteiger partial charge in [0, 0.05) is 10.0 Å². The summed E-state index contributed by atoms with van der Waals surface area (Å²) < 4.78 is 1.16. The first kappa shape index (κ1) is 15.2. The molecule has 0 saturated heterocycles. The van der Waals surface area contributed by atoms with Crippen LogP contribution < -0.4 is 0 Å². The van der Waals surface area contributed by atoms with Gasteiger partial charge in [0.1, 0.15) is 5.01 Å². The van der Waals surface area contributed by atoms with Gasteiger partial charge in [0.2, 0.25) is 0 Å². The monoisotopic (exact) mass is 365 g/mol. The maximum Gasteiger partial charge on any atom is 0.123 e. The molecule has 1 heterocycles. The molecule has 0 amide bonds. The Morgan fingerprint density at radius 3 is 2.52 bits per heavy atom. The first-order valence-corrected chi connectivity index (χ1v) is 8.82. The molecule has 1 aromatic carbocycles. The largest absolute Gasteiger partial charge is 0.387 e. The van der Waals surface area contributed by atoms with Gasteiger partial charge in [0.15, 0.2) is 0 Å². The van der Waals surface area contributed by atoms with Crippen LogP contribution in [0.1, 0.15) is 48.1 Å². The quantitative estimate of drug-likeness (QED) is 0.753. The van der Waals surface area contributed by atoms with Crippen LogP contribution >= 0.6 is 27.3 Å². The summed E-state index contributed by atoms with van der Waals surface area (Å²) in [4.78, 5) is 5.88. The van der Waals surface area contributed by atoms with Crippen molar-refractivity contribution in [3.8, 4) is 10.6 Å². The second-order valence-electron chi connectivity index (χ2n) is 6.81. The SMILES string of the molecule is Cc1cc(-c2nc3c(s2)C(O)CC(C)(C)C3)cc(C)c1Br. The maximum atomic E-state index is 10.4. The molecule has 2 nitrogen and oxygen atoms in total. The number of aliphatic hydroxyl groups is 1. The van der Waals surface area contributed by atoms with Gasteiger partial charge in [-0.25, -0.2) is 4.98 Å². The molecule has 3 rings (SSSR count). The van der Waals surface area contributed by atoms with Crippen LogP contribution in [0.4, 0.5) is 0 Å². The van der Waals surface area contributed by atoms with E-state index in [0.29, 0.717) is 0 Å². The van der Waals surface area contributed by atoms with Crippen LogP contribution in [0, 0.1) is 19.3 Å². The molecule has 1 atom stereocenters. The summed E-state index contributed by atoms with van der Waals surface area (Å²) >= 11 is 5.25. The van der Waals surface area contributed by atoms with E-state index in [4.69, 9.17) is 4.98 Å². The molecule has 2 aromatic rings. The lowest BCUT2D eigenvalue weighted by Gasteiger charge is -2.31. The van der Waals surface area contributed by atoms with E-state index in [2.05, 4.69) is 55.8 Å². The smallest absolute Gasteiger partial charge is 0.123 e. The topological polar surface area (TPSA) is 33.1 Å². The highest BCUT2D eigenvalue weighted by Gasteiger charge is 2.34. The fraction of sp³-hybridized carbons (Fsp3) is 0.471. The van der Waals surface area contributed by atoms with E-state index in [-0.39, 0.29) is 11.5 Å². The second kappa shape index (κ2) is 5.18. The number of thiazole rings is 1. The Morgan fingerprint density at radius 1 is 1.29 bits per heavy atom. The first-order chi connectivity index (χ1) is 9.77. The molecule has 21 heavy (non-hydrogen) atoms. The Bertz CT molecular complexity index is 682. The summed E-state index contributed by atoms with van der Waals surface area (Å²) in [5.74, 6) is 0. The van der Waals surface area contributed by atoms with E-state index in [1.807, 2.05) is 0 Å². The van der Waals surface area contributed by atoms with Crippen molar-refractivity contribution in [2.45, 2.75) is 46.6 Å². The van der Waals surface area contributed by atoms with Crippen molar-refractivity contribution in [3.63, 3.8) is 0 Å². The summed E-state index contributed by atoms with van der Waals surface area (Å²) in [6, 6.07) is 4.33. The molecule has 1 aromatic heterocycles. The molecule has 0 saturated carbocycles. The Morgan fingerprint density at radius 2 is 1.90 bits per heavy atom. The van der Waals surface area contributed by atoms with Gasteiger partial charge in [-0.15, -0.1) is 11.3 Å². The third-order valence-corrected chi connectivity index (χ3v) is 6.60. The Kier molecular flexibility index (Phi) is 3.75. The van der Waals surface area contributed by atoms with Crippen LogP contribution in [0.5, 0.6) is 0 Å². The van der Waals surface area contributed by atoms with E-state index < -0.39 is 0 Å². The number of hydrogen-bond acceptors (Lipinski definition) is 3. The fourth-order valence-corrected chi connectivity index (χ4v) is 4.37. The summed E-state index contributed by atoms with van der Waals surface area (Å²) in [7, 11) is 0. The molecular formula is C17H20BrNOS. The van der Waals surface area contributed by atoms with Crippen LogP contribution in [0.15, 0.2) is 16.6 Å². The number of rotatable bonds is 1. The Balaban J connectivity index is 2.06. The van der Waals surface area contributed by atoms with E-state index in [9.17, 15) is 5.11 Å². The number of nitrogens with zero attached hydrogens (tertiary/aromatic N) is 1. The van der Waals surface area contributed by atoms with Crippen molar-refractivity contribution < 1.29 is 5.11 Å². The minimum absolute atomic E-state index is 0.128. The number of hydrogen-bond donors (Lipinski definition) is 1. The number of halogens is 1. The summed E-state index contributed by atoms with van der Waals surface area (Å²) in [5.41, 5.74) is 4.80. The predicted octanol–water partition coefficient (Wildman–Crippen LogP) is 5.20. The Hall–Kier alpha value is -0.710. The lowest BCUT2D eigenvalue weighted by Crippen LogP contribution is -2.24. The van der Waals surface area contributed by atoms with Crippen molar-refractivity contribution in [2.24, 2.45) is 5.41 Å². The Labute approximate surface area is 138 Å². The zero-order chi connectivity index (χ0) is 15.4. The van der Waals surface area contributed by atoms with Crippen molar-refractivity contribution in [3.05, 3.63) is 38.3 Å². The van der Waals surface area contributed by atoms with E-state index in [1.165, 1.54) is 11.1 Å². The van der Waals surface area contributed by atoms with Crippen molar-refractivity contribution in [1.82, 2.24) is 4.98 Å². The number of fused-ring (bicyclic) bond motifs is 1. The number of aromatic nitrogens is 1. The standard InChI is InChI=1S/C17H20BrNOS/c1-9-5-11(6-10(2)14(9)18)16-19-12-7-17(3,4)8-13(20)15(12)21-16/h5-6,13,20H,7-8H2,1-4H3. The maximum absolute atomic E-state index is 10.4. The van der Waals surface area contributed by atoms with Gasteiger partial charge in [-0.1, -0.05) is 29.8 Å². The van der Waals surface area contributed by atoms with Gasteiger partial charge in [0.05, 0.1) is 16.7 Å². The van der Waals surface area contributed by atoms with Crippen LogP contribution in [0.2, 0.25) is 0 Å². The van der Waals surface area contributed by atoms with Gasteiger partial charge in [-0.3, -0.25) is 0 Å². The average Bonchev–Trinajstić information content (AvgIpc) is 2.77. The second-order valence-corrected chi connectivity index (χ2v) is 8.64. The van der Waals surface area contributed by atoms with Gasteiger partial charge in [-0.2, -0.15) is 0 Å². The van der Waals surface area contributed by atoms with Crippen LogP contribution in [0.3, 0.4) is 0 Å². The summed E-state index contributed by atoms with van der Waals surface area (Å²) in [6.07, 6.45) is 1.40. The van der Waals surface area contributed by atoms with Gasteiger partial charge >= 0.3 is 0 Å². The fourth-order valence-electron chi connectivity index (χ4n) is 3.08. The van der Waals surface area contributed by atoms with Crippen LogP contribution in [-0.4, -0.2) is 10.1 Å². The summed E-state index contributed by atoms with van der Waals surface area (Å²) in [5, 5.41) is 11.4. The summed E-state index contributed by atoms with van der Waals surface area (Å²) in [6.45, 7) is 8.61. The number of aliphatic hydroxyl groups excluding tert-OH is 1. The minimum atomic E-state index is -0.368. The van der Waals surface area contributed by atoms with E-state index in [0.717, 1.165) is 38.5 Å². The predicted molar refractivity (Wildman–Crippen MR) is 91.8 cm³/mol. The molecule has 0 radical (unpaired) electrons. The molecule has 0 spiro atoms. The molecule has 1 aliphatic rings. The zero-order valence-electron chi connectivity index (χ0n) is 12.8. The molecule has 0 aliphatic heterocycles. The molecule has 1 unspecified atom stereocenters. The van der Waals surface area contributed by atoms with Crippen LogP contribution in [-0.2, 0) is 6.42 Å². The van der Waals surface area contributed by atoms with Crippen molar-refractivity contribution in [2.75, 3.05) is 0 Å². The molecule has 0 bridgehead atoms. The first-order valence-electron chi connectivity index (χ1n) is 7.21. The van der Waals surface area contributed by atoms with Gasteiger partial charge in [-0.05, 0) is 55.4 Å². The molecular weight excluding hydrogens is 346 g/mol. The minimum Gasteiger partial charge on any atom is -0.387 e. The lowest BCUT2D eigenvalue weighted by atomic mass is 9.77. The molecule has 1 aliphatic carbocycles. The molecule has 4 heteroatoms. The van der Waals surface area contributed by atoms with E-state index in [1.54, 1.807) is 11.3 Å². The normalized spacial score (nSPS) is 20.4.